The quantitative estimate of drug-likeness (QED) is 0.623. The molecule has 0 saturated carbocycles. The van der Waals surface area contributed by atoms with Crippen molar-refractivity contribution < 1.29 is 9.59 Å². The molecule has 2 nitrogen and oxygen atoms in total. The van der Waals surface area contributed by atoms with E-state index in [1.807, 2.05) is 19.1 Å². The molecule has 0 N–H and O–H groups in total. The molecular weight excluding hydrogens is 248 g/mol. The molecule has 0 aromatic heterocycles. The third-order valence-electron chi connectivity index (χ3n) is 2.77. The summed E-state index contributed by atoms with van der Waals surface area (Å²) in [5.74, 6) is -0.183. The maximum absolute atomic E-state index is 12.4. The first kappa shape index (κ1) is 12.5. The molecule has 0 bridgehead atoms. The highest BCUT2D eigenvalue weighted by Gasteiger charge is 2.17. The largest absolute Gasteiger partial charge is 0.289 e. The number of aryl methyl sites for hydroxylation is 1. The average Bonchev–Trinajstić information content (AvgIpc) is 2.38. The van der Waals surface area contributed by atoms with E-state index in [1.165, 1.54) is 0 Å². The molecule has 3 heteroatoms. The van der Waals surface area contributed by atoms with E-state index in [-0.39, 0.29) is 11.3 Å². The molecule has 0 unspecified atom stereocenters. The van der Waals surface area contributed by atoms with Gasteiger partial charge in [-0.2, -0.15) is 0 Å². The van der Waals surface area contributed by atoms with Gasteiger partial charge in [-0.3, -0.25) is 9.59 Å². The number of hydrogen-bond donors (Lipinski definition) is 0. The zero-order valence-corrected chi connectivity index (χ0v) is 10.6. The summed E-state index contributed by atoms with van der Waals surface area (Å²) in [5, 5.41) is -0.618. The Morgan fingerprint density at radius 2 is 1.33 bits per heavy atom. The summed E-state index contributed by atoms with van der Waals surface area (Å²) in [7, 11) is 0. The van der Waals surface area contributed by atoms with Gasteiger partial charge in [-0.25, -0.2) is 0 Å². The molecule has 0 heterocycles. The Labute approximate surface area is 110 Å². The van der Waals surface area contributed by atoms with Crippen LogP contribution in [0.1, 0.15) is 31.8 Å². The van der Waals surface area contributed by atoms with E-state index >= 15 is 0 Å². The van der Waals surface area contributed by atoms with Crippen LogP contribution in [0.5, 0.6) is 0 Å². The summed E-state index contributed by atoms with van der Waals surface area (Å²) < 4.78 is 0. The van der Waals surface area contributed by atoms with Crippen molar-refractivity contribution in [3.05, 3.63) is 70.8 Å². The third-order valence-corrected chi connectivity index (χ3v) is 2.98. The van der Waals surface area contributed by atoms with Gasteiger partial charge in [0.15, 0.2) is 5.78 Å². The molecule has 0 radical (unpaired) electrons. The van der Waals surface area contributed by atoms with Gasteiger partial charge in [-0.1, -0.05) is 42.5 Å². The Kier molecular flexibility index (Phi) is 3.58. The number of rotatable bonds is 3. The molecule has 0 aliphatic rings. The molecule has 0 atom stereocenters. The first-order valence-corrected chi connectivity index (χ1v) is 5.88. The van der Waals surface area contributed by atoms with E-state index in [2.05, 4.69) is 0 Å². The van der Waals surface area contributed by atoms with Gasteiger partial charge in [-0.05, 0) is 30.2 Å². The van der Waals surface area contributed by atoms with E-state index in [1.54, 1.807) is 36.4 Å². The van der Waals surface area contributed by atoms with Crippen LogP contribution in [-0.2, 0) is 0 Å². The molecule has 0 saturated heterocycles. The van der Waals surface area contributed by atoms with Crippen LogP contribution in [0.2, 0.25) is 0 Å². The van der Waals surface area contributed by atoms with E-state index < -0.39 is 5.24 Å². The van der Waals surface area contributed by atoms with Crippen molar-refractivity contribution in [2.45, 2.75) is 6.92 Å². The second-order valence-electron chi connectivity index (χ2n) is 3.96. The van der Waals surface area contributed by atoms with Crippen LogP contribution in [0.3, 0.4) is 0 Å². The second kappa shape index (κ2) is 5.15. The van der Waals surface area contributed by atoms with Crippen LogP contribution in [-0.4, -0.2) is 11.0 Å². The molecule has 2 aromatic carbocycles. The van der Waals surface area contributed by atoms with Crippen molar-refractivity contribution in [3.8, 4) is 0 Å². The first-order valence-electron chi connectivity index (χ1n) is 5.50. The highest BCUT2D eigenvalue weighted by molar-refractivity contribution is 6.68. The molecular formula is C15H11ClO2. The zero-order valence-electron chi connectivity index (χ0n) is 9.81. The van der Waals surface area contributed by atoms with Gasteiger partial charge in [0, 0.05) is 16.7 Å². The van der Waals surface area contributed by atoms with Crippen molar-refractivity contribution in [1.82, 2.24) is 0 Å². The fraction of sp³-hybridized carbons (Fsp3) is 0.0667. The summed E-state index contributed by atoms with van der Waals surface area (Å²) in [6.07, 6.45) is 0. The van der Waals surface area contributed by atoms with Gasteiger partial charge < -0.3 is 0 Å². The van der Waals surface area contributed by atoms with Gasteiger partial charge in [0.25, 0.3) is 5.24 Å². The Balaban J connectivity index is 2.54. The molecule has 0 aliphatic carbocycles. The van der Waals surface area contributed by atoms with E-state index in [0.717, 1.165) is 5.56 Å². The summed E-state index contributed by atoms with van der Waals surface area (Å²) in [4.78, 5) is 23.7. The van der Waals surface area contributed by atoms with Crippen molar-refractivity contribution in [2.24, 2.45) is 0 Å². The lowest BCUT2D eigenvalue weighted by Gasteiger charge is -2.07. The Bertz CT molecular complexity index is 617. The summed E-state index contributed by atoms with van der Waals surface area (Å²) in [6, 6.07) is 13.8. The van der Waals surface area contributed by atoms with Gasteiger partial charge in [0.2, 0.25) is 0 Å². The number of hydrogen-bond acceptors (Lipinski definition) is 2. The predicted molar refractivity (Wildman–Crippen MR) is 71.2 cm³/mol. The van der Waals surface area contributed by atoms with Crippen LogP contribution in [0.25, 0.3) is 0 Å². The van der Waals surface area contributed by atoms with Crippen LogP contribution in [0.15, 0.2) is 48.5 Å². The van der Waals surface area contributed by atoms with Gasteiger partial charge in [0.1, 0.15) is 0 Å². The van der Waals surface area contributed by atoms with Crippen molar-refractivity contribution in [2.75, 3.05) is 0 Å². The molecule has 18 heavy (non-hydrogen) atoms. The fourth-order valence-electron chi connectivity index (χ4n) is 1.83. The normalized spacial score (nSPS) is 10.1. The third kappa shape index (κ3) is 2.34. The molecule has 0 amide bonds. The minimum absolute atomic E-state index is 0.183. The van der Waals surface area contributed by atoms with Gasteiger partial charge in [0.05, 0.1) is 0 Å². The average molecular weight is 259 g/mol. The summed E-state index contributed by atoms with van der Waals surface area (Å²) in [5.41, 5.74) is 2.04. The topological polar surface area (TPSA) is 34.1 Å². The van der Waals surface area contributed by atoms with E-state index in [9.17, 15) is 9.59 Å². The molecule has 90 valence electrons. The summed E-state index contributed by atoms with van der Waals surface area (Å²) in [6.45, 7) is 1.86. The van der Waals surface area contributed by atoms with Crippen molar-refractivity contribution in [3.63, 3.8) is 0 Å². The van der Waals surface area contributed by atoms with E-state index in [4.69, 9.17) is 11.6 Å². The van der Waals surface area contributed by atoms with Crippen molar-refractivity contribution >= 4 is 22.6 Å². The SMILES string of the molecule is Cc1ccccc1C(=O)c1ccccc1C(=O)Cl. The van der Waals surface area contributed by atoms with Gasteiger partial charge >= 0.3 is 0 Å². The predicted octanol–water partition coefficient (Wildman–Crippen LogP) is 3.61. The van der Waals surface area contributed by atoms with Crippen LogP contribution in [0, 0.1) is 6.92 Å². The monoisotopic (exact) mass is 258 g/mol. The fourth-order valence-corrected chi connectivity index (χ4v) is 1.99. The highest BCUT2D eigenvalue weighted by Crippen LogP contribution is 2.18. The minimum Gasteiger partial charge on any atom is -0.289 e. The lowest BCUT2D eigenvalue weighted by molar-refractivity contribution is 0.102. The lowest BCUT2D eigenvalue weighted by Crippen LogP contribution is -2.08. The standard InChI is InChI=1S/C15H11ClO2/c1-10-6-2-3-7-11(10)14(17)12-8-4-5-9-13(12)15(16)18/h2-9H,1H3. The number of carbonyl (C=O) groups is 2. The Morgan fingerprint density at radius 1 is 0.833 bits per heavy atom. The van der Waals surface area contributed by atoms with E-state index in [0.29, 0.717) is 11.1 Å². The Hall–Kier alpha value is -1.93. The number of ketones is 1. The number of halogens is 1. The zero-order chi connectivity index (χ0) is 13.1. The van der Waals surface area contributed by atoms with Gasteiger partial charge in [-0.15, -0.1) is 0 Å². The van der Waals surface area contributed by atoms with Crippen LogP contribution in [0.4, 0.5) is 0 Å². The van der Waals surface area contributed by atoms with Crippen molar-refractivity contribution in [1.29, 1.82) is 0 Å². The first-order chi connectivity index (χ1) is 8.61. The van der Waals surface area contributed by atoms with Crippen LogP contribution >= 0.6 is 11.6 Å². The lowest BCUT2D eigenvalue weighted by atomic mass is 9.96. The second-order valence-corrected chi connectivity index (χ2v) is 4.31. The summed E-state index contributed by atoms with van der Waals surface area (Å²) >= 11 is 5.49. The molecule has 0 aliphatic heterocycles. The smallest absolute Gasteiger partial charge is 0.253 e. The highest BCUT2D eigenvalue weighted by atomic mass is 35.5. The minimum atomic E-state index is -0.618. The molecule has 2 aromatic rings. The maximum Gasteiger partial charge on any atom is 0.253 e. The number of benzene rings is 2. The molecule has 0 spiro atoms. The number of carbonyl (C=O) groups excluding carboxylic acids is 2. The Morgan fingerprint density at radius 3 is 1.89 bits per heavy atom. The molecule has 2 rings (SSSR count). The van der Waals surface area contributed by atoms with Crippen LogP contribution < -0.4 is 0 Å². The maximum atomic E-state index is 12.4. The molecule has 0 fully saturated rings.